The van der Waals surface area contributed by atoms with Crippen molar-refractivity contribution in [2.75, 3.05) is 0 Å². The summed E-state index contributed by atoms with van der Waals surface area (Å²) in [6.45, 7) is 1.71. The second-order valence-corrected chi connectivity index (χ2v) is 4.01. The van der Waals surface area contributed by atoms with Crippen molar-refractivity contribution in [3.8, 4) is 11.4 Å². The van der Waals surface area contributed by atoms with Gasteiger partial charge in [0.1, 0.15) is 17.9 Å². The maximum absolute atomic E-state index is 10.4. The Morgan fingerprint density at radius 2 is 2.40 bits per heavy atom. The third-order valence-corrected chi connectivity index (χ3v) is 2.49. The Bertz CT molecular complexity index is 490. The highest BCUT2D eigenvalue weighted by Crippen LogP contribution is 2.18. The summed E-state index contributed by atoms with van der Waals surface area (Å²) in [7, 11) is 0. The predicted octanol–water partition coefficient (Wildman–Crippen LogP) is 0.795. The molecule has 0 radical (unpaired) electrons. The number of thiazole rings is 1. The number of aliphatic carboxylic acids is 1. The van der Waals surface area contributed by atoms with Crippen molar-refractivity contribution in [2.24, 2.45) is 0 Å². The van der Waals surface area contributed by atoms with Crippen molar-refractivity contribution in [3.05, 3.63) is 16.6 Å². The van der Waals surface area contributed by atoms with Crippen LogP contribution in [0.5, 0.6) is 0 Å². The number of aromatic nitrogens is 4. The Morgan fingerprint density at radius 1 is 1.60 bits per heavy atom. The summed E-state index contributed by atoms with van der Waals surface area (Å²) < 4.78 is 1.27. The van der Waals surface area contributed by atoms with E-state index in [0.29, 0.717) is 5.69 Å². The fourth-order valence-corrected chi connectivity index (χ4v) is 1.72. The lowest BCUT2D eigenvalue weighted by atomic mass is 10.4. The largest absolute Gasteiger partial charge is 0.480 e. The van der Waals surface area contributed by atoms with Crippen molar-refractivity contribution < 1.29 is 9.90 Å². The molecule has 0 fully saturated rings. The zero-order valence-electron chi connectivity index (χ0n) is 7.91. The van der Waals surface area contributed by atoms with Gasteiger partial charge < -0.3 is 5.11 Å². The molecule has 0 atom stereocenters. The quantitative estimate of drug-likeness (QED) is 0.833. The average molecular weight is 224 g/mol. The van der Waals surface area contributed by atoms with Crippen molar-refractivity contribution in [2.45, 2.75) is 13.5 Å². The Balaban J connectivity index is 2.23. The molecule has 0 aromatic carbocycles. The molecule has 2 aromatic heterocycles. The smallest absolute Gasteiger partial charge is 0.325 e. The van der Waals surface area contributed by atoms with Crippen LogP contribution < -0.4 is 0 Å². The van der Waals surface area contributed by atoms with E-state index in [-0.39, 0.29) is 6.54 Å². The Labute approximate surface area is 89.2 Å². The normalized spacial score (nSPS) is 10.5. The van der Waals surface area contributed by atoms with E-state index >= 15 is 0 Å². The van der Waals surface area contributed by atoms with E-state index in [9.17, 15) is 4.79 Å². The number of rotatable bonds is 3. The van der Waals surface area contributed by atoms with Crippen LogP contribution in [0.25, 0.3) is 11.4 Å². The van der Waals surface area contributed by atoms with Crippen molar-refractivity contribution in [1.29, 1.82) is 0 Å². The lowest BCUT2D eigenvalue weighted by Gasteiger charge is -1.90. The van der Waals surface area contributed by atoms with Gasteiger partial charge in [-0.25, -0.2) is 9.67 Å². The SMILES string of the molecule is Cc1nc(-c2cn(CC(=O)O)nn2)cs1. The predicted molar refractivity (Wildman–Crippen MR) is 53.5 cm³/mol. The van der Waals surface area contributed by atoms with E-state index in [4.69, 9.17) is 5.11 Å². The first kappa shape index (κ1) is 9.78. The molecule has 0 unspecified atom stereocenters. The number of aryl methyl sites for hydroxylation is 1. The van der Waals surface area contributed by atoms with E-state index in [1.54, 1.807) is 6.20 Å². The highest BCUT2D eigenvalue weighted by atomic mass is 32.1. The molecule has 0 saturated carbocycles. The van der Waals surface area contributed by atoms with Crippen LogP contribution in [-0.2, 0) is 11.3 Å². The maximum atomic E-state index is 10.4. The second kappa shape index (κ2) is 3.77. The van der Waals surface area contributed by atoms with Crippen molar-refractivity contribution >= 4 is 17.3 Å². The molecule has 2 aromatic rings. The lowest BCUT2D eigenvalue weighted by molar-refractivity contribution is -0.137. The standard InChI is InChI=1S/C8H8N4O2S/c1-5-9-7(4-15-5)6-2-12(11-10-6)3-8(13)14/h2,4H,3H2,1H3,(H,13,14). The summed E-state index contributed by atoms with van der Waals surface area (Å²) in [6.07, 6.45) is 1.57. The van der Waals surface area contributed by atoms with Crippen molar-refractivity contribution in [3.63, 3.8) is 0 Å². The van der Waals surface area contributed by atoms with Crippen LogP contribution in [0.2, 0.25) is 0 Å². The van der Waals surface area contributed by atoms with E-state index in [1.807, 2.05) is 12.3 Å². The number of carboxylic acids is 1. The van der Waals surface area contributed by atoms with E-state index < -0.39 is 5.97 Å². The lowest BCUT2D eigenvalue weighted by Crippen LogP contribution is -2.08. The summed E-state index contributed by atoms with van der Waals surface area (Å²) in [6, 6.07) is 0. The third kappa shape index (κ3) is 2.18. The first-order chi connectivity index (χ1) is 7.15. The van der Waals surface area contributed by atoms with Gasteiger partial charge in [0.15, 0.2) is 0 Å². The highest BCUT2D eigenvalue weighted by Gasteiger charge is 2.08. The molecular formula is C8H8N4O2S. The average Bonchev–Trinajstić information content (AvgIpc) is 2.72. The zero-order chi connectivity index (χ0) is 10.8. The minimum Gasteiger partial charge on any atom is -0.480 e. The fourth-order valence-electron chi connectivity index (χ4n) is 1.11. The molecule has 6 nitrogen and oxygen atoms in total. The molecule has 0 spiro atoms. The minimum absolute atomic E-state index is 0.184. The molecular weight excluding hydrogens is 216 g/mol. The van der Waals surface area contributed by atoms with Gasteiger partial charge in [-0.2, -0.15) is 0 Å². The first-order valence-corrected chi connectivity index (χ1v) is 5.07. The van der Waals surface area contributed by atoms with Gasteiger partial charge >= 0.3 is 5.97 Å². The summed E-state index contributed by atoms with van der Waals surface area (Å²) in [5.41, 5.74) is 1.33. The van der Waals surface area contributed by atoms with Gasteiger partial charge in [-0.15, -0.1) is 16.4 Å². The maximum Gasteiger partial charge on any atom is 0.325 e. The Kier molecular flexibility index (Phi) is 2.46. The van der Waals surface area contributed by atoms with Gasteiger partial charge in [-0.1, -0.05) is 5.21 Å². The number of carboxylic acid groups (broad SMARTS) is 1. The molecule has 0 amide bonds. The molecule has 0 aliphatic rings. The number of nitrogens with zero attached hydrogens (tertiary/aromatic N) is 4. The molecule has 0 aliphatic carbocycles. The van der Waals surface area contributed by atoms with E-state index in [0.717, 1.165) is 10.7 Å². The molecule has 0 bridgehead atoms. The van der Waals surface area contributed by atoms with Crippen LogP contribution in [0.15, 0.2) is 11.6 Å². The van der Waals surface area contributed by atoms with Gasteiger partial charge in [0.2, 0.25) is 0 Å². The third-order valence-electron chi connectivity index (χ3n) is 1.72. The highest BCUT2D eigenvalue weighted by molar-refractivity contribution is 7.09. The second-order valence-electron chi connectivity index (χ2n) is 2.95. The van der Waals surface area contributed by atoms with Gasteiger partial charge in [-0.3, -0.25) is 4.79 Å². The van der Waals surface area contributed by atoms with Gasteiger partial charge in [0.05, 0.1) is 11.2 Å². The molecule has 15 heavy (non-hydrogen) atoms. The Hall–Kier alpha value is -1.76. The summed E-state index contributed by atoms with van der Waals surface area (Å²) in [5.74, 6) is -0.944. The molecule has 78 valence electrons. The molecule has 0 aliphatic heterocycles. The zero-order valence-corrected chi connectivity index (χ0v) is 8.73. The summed E-state index contributed by atoms with van der Waals surface area (Å²) >= 11 is 1.52. The van der Waals surface area contributed by atoms with Crippen LogP contribution in [0, 0.1) is 6.92 Å². The van der Waals surface area contributed by atoms with Crippen LogP contribution in [0.1, 0.15) is 5.01 Å². The molecule has 7 heteroatoms. The van der Waals surface area contributed by atoms with Gasteiger partial charge in [-0.05, 0) is 6.92 Å². The number of hydrogen-bond acceptors (Lipinski definition) is 5. The molecule has 2 rings (SSSR count). The van der Waals surface area contributed by atoms with E-state index in [2.05, 4.69) is 15.3 Å². The summed E-state index contributed by atoms with van der Waals surface area (Å²) in [4.78, 5) is 14.6. The summed E-state index contributed by atoms with van der Waals surface area (Å²) in [5, 5.41) is 18.9. The topological polar surface area (TPSA) is 80.9 Å². The number of hydrogen-bond donors (Lipinski definition) is 1. The van der Waals surface area contributed by atoms with Crippen LogP contribution in [0.3, 0.4) is 0 Å². The molecule has 0 saturated heterocycles. The molecule has 1 N–H and O–H groups in total. The minimum atomic E-state index is -0.944. The number of carbonyl (C=O) groups is 1. The van der Waals surface area contributed by atoms with Crippen molar-refractivity contribution in [1.82, 2.24) is 20.0 Å². The molecule has 2 heterocycles. The van der Waals surface area contributed by atoms with E-state index in [1.165, 1.54) is 16.0 Å². The fraction of sp³-hybridized carbons (Fsp3) is 0.250. The van der Waals surface area contributed by atoms with Crippen LogP contribution >= 0.6 is 11.3 Å². The Morgan fingerprint density at radius 3 is 3.00 bits per heavy atom. The van der Waals surface area contributed by atoms with Gasteiger partial charge in [0, 0.05) is 5.38 Å². The van der Waals surface area contributed by atoms with Crippen LogP contribution in [-0.4, -0.2) is 31.1 Å². The van der Waals surface area contributed by atoms with Gasteiger partial charge in [0.25, 0.3) is 0 Å². The van der Waals surface area contributed by atoms with Crippen LogP contribution in [0.4, 0.5) is 0 Å². The monoisotopic (exact) mass is 224 g/mol. The first-order valence-electron chi connectivity index (χ1n) is 4.19.